The molecule has 0 radical (unpaired) electrons. The van der Waals surface area contributed by atoms with Crippen LogP contribution >= 0.6 is 11.3 Å². The highest BCUT2D eigenvalue weighted by Crippen LogP contribution is 2.41. The van der Waals surface area contributed by atoms with E-state index in [2.05, 4.69) is 31.4 Å². The van der Waals surface area contributed by atoms with Crippen LogP contribution in [0.5, 0.6) is 0 Å². The Bertz CT molecular complexity index is 1020. The van der Waals surface area contributed by atoms with Gasteiger partial charge in [0.25, 0.3) is 5.91 Å². The van der Waals surface area contributed by atoms with Crippen molar-refractivity contribution in [1.82, 2.24) is 0 Å². The lowest BCUT2D eigenvalue weighted by Crippen LogP contribution is -2.38. The standard InChI is InChI=1S/C26H34N2O4S/c1-26(2,3)15-11-13-16(14-12-15)27-23(30)21-19-9-6-10-20(19)33-24(21)28-22(29)17-7-4-5-8-18(17)25(31)32/h11-14,17-18,25,31-32H,4-10H2,1-3H3,(H,27,30)(H,28,29). The van der Waals surface area contributed by atoms with E-state index < -0.39 is 18.1 Å². The zero-order valence-corrected chi connectivity index (χ0v) is 20.4. The Morgan fingerprint density at radius 1 is 1.00 bits per heavy atom. The normalized spacial score (nSPS) is 20.5. The number of fused-ring (bicyclic) bond motifs is 1. The summed E-state index contributed by atoms with van der Waals surface area (Å²) >= 11 is 1.48. The minimum atomic E-state index is -1.51. The molecule has 2 amide bonds. The van der Waals surface area contributed by atoms with Crippen LogP contribution in [0.3, 0.4) is 0 Å². The van der Waals surface area contributed by atoms with Crippen molar-refractivity contribution in [3.63, 3.8) is 0 Å². The summed E-state index contributed by atoms with van der Waals surface area (Å²) in [6, 6.07) is 7.89. The molecule has 2 atom stereocenters. The lowest BCUT2D eigenvalue weighted by Gasteiger charge is -2.31. The first-order chi connectivity index (χ1) is 15.6. The van der Waals surface area contributed by atoms with Crippen LogP contribution in [0, 0.1) is 11.8 Å². The number of hydrogen-bond donors (Lipinski definition) is 4. The first-order valence-corrected chi connectivity index (χ1v) is 12.7. The van der Waals surface area contributed by atoms with Crippen LogP contribution in [-0.2, 0) is 23.1 Å². The first-order valence-electron chi connectivity index (χ1n) is 11.9. The number of benzene rings is 1. The van der Waals surface area contributed by atoms with Crippen LogP contribution in [-0.4, -0.2) is 28.3 Å². The van der Waals surface area contributed by atoms with Gasteiger partial charge in [-0.25, -0.2) is 0 Å². The van der Waals surface area contributed by atoms with E-state index in [1.165, 1.54) is 16.9 Å². The van der Waals surface area contributed by atoms with Gasteiger partial charge in [0.1, 0.15) is 5.00 Å². The summed E-state index contributed by atoms with van der Waals surface area (Å²) in [4.78, 5) is 27.6. The Hall–Kier alpha value is -2.22. The van der Waals surface area contributed by atoms with Crippen LogP contribution in [0.4, 0.5) is 10.7 Å². The van der Waals surface area contributed by atoms with E-state index in [1.807, 2.05) is 24.3 Å². The Morgan fingerprint density at radius 2 is 1.70 bits per heavy atom. The maximum atomic E-state index is 13.3. The van der Waals surface area contributed by atoms with Gasteiger partial charge in [-0.3, -0.25) is 9.59 Å². The molecule has 2 aromatic rings. The topological polar surface area (TPSA) is 98.7 Å². The minimum absolute atomic E-state index is 0.0350. The Kier molecular flexibility index (Phi) is 6.93. The van der Waals surface area contributed by atoms with E-state index in [1.54, 1.807) is 0 Å². The van der Waals surface area contributed by atoms with Crippen LogP contribution in [0.25, 0.3) is 0 Å². The molecule has 2 aliphatic carbocycles. The molecule has 2 aliphatic rings. The second-order valence-electron chi connectivity index (χ2n) is 10.3. The largest absolute Gasteiger partial charge is 0.368 e. The first kappa shape index (κ1) is 23.9. The van der Waals surface area contributed by atoms with Gasteiger partial charge in [-0.15, -0.1) is 11.3 Å². The zero-order chi connectivity index (χ0) is 23.8. The van der Waals surface area contributed by atoms with Crippen molar-refractivity contribution in [1.29, 1.82) is 0 Å². The van der Waals surface area contributed by atoms with Crippen molar-refractivity contribution in [3.8, 4) is 0 Å². The third-order valence-electron chi connectivity index (χ3n) is 6.93. The average molecular weight is 471 g/mol. The van der Waals surface area contributed by atoms with E-state index in [9.17, 15) is 19.8 Å². The smallest absolute Gasteiger partial charge is 0.258 e. The van der Waals surface area contributed by atoms with E-state index in [0.29, 0.717) is 23.4 Å². The molecule has 2 unspecified atom stereocenters. The average Bonchev–Trinajstić information content (AvgIpc) is 3.34. The molecule has 178 valence electrons. The highest BCUT2D eigenvalue weighted by atomic mass is 32.1. The van der Waals surface area contributed by atoms with E-state index in [0.717, 1.165) is 48.2 Å². The second-order valence-corrected chi connectivity index (χ2v) is 11.4. The van der Waals surface area contributed by atoms with Crippen molar-refractivity contribution >= 4 is 33.8 Å². The molecule has 0 aliphatic heterocycles. The number of nitrogens with one attached hydrogen (secondary N) is 2. The molecule has 0 spiro atoms. The molecule has 1 heterocycles. The molecule has 4 rings (SSSR count). The molecule has 0 bridgehead atoms. The van der Waals surface area contributed by atoms with E-state index in [4.69, 9.17) is 0 Å². The molecule has 1 aromatic carbocycles. The number of aliphatic hydroxyl groups is 2. The molecule has 4 N–H and O–H groups in total. The molecule has 1 saturated carbocycles. The number of anilines is 2. The minimum Gasteiger partial charge on any atom is -0.368 e. The van der Waals surface area contributed by atoms with E-state index >= 15 is 0 Å². The number of aryl methyl sites for hydroxylation is 1. The molecule has 1 fully saturated rings. The molecular weight excluding hydrogens is 436 g/mol. The third kappa shape index (κ3) is 5.15. The van der Waals surface area contributed by atoms with Crippen molar-refractivity contribution in [2.75, 3.05) is 10.6 Å². The Morgan fingerprint density at radius 3 is 2.36 bits per heavy atom. The van der Waals surface area contributed by atoms with Crippen LogP contribution in [0.15, 0.2) is 24.3 Å². The SMILES string of the molecule is CC(C)(C)c1ccc(NC(=O)c2c(NC(=O)C3CCCCC3C(O)O)sc3c2CCC3)cc1. The number of amides is 2. The van der Waals surface area contributed by atoms with Crippen molar-refractivity contribution < 1.29 is 19.8 Å². The van der Waals surface area contributed by atoms with Gasteiger partial charge in [-0.05, 0) is 60.8 Å². The number of rotatable bonds is 5. The van der Waals surface area contributed by atoms with Crippen LogP contribution < -0.4 is 10.6 Å². The van der Waals surface area contributed by atoms with Gasteiger partial charge in [0, 0.05) is 22.4 Å². The maximum Gasteiger partial charge on any atom is 0.258 e. The number of carbonyl (C=O) groups is 2. The van der Waals surface area contributed by atoms with Crippen molar-refractivity contribution in [2.24, 2.45) is 11.8 Å². The van der Waals surface area contributed by atoms with Gasteiger partial charge in [0.2, 0.25) is 5.91 Å². The fourth-order valence-corrected chi connectivity index (χ4v) is 6.32. The van der Waals surface area contributed by atoms with Crippen LogP contribution in [0.2, 0.25) is 0 Å². The number of hydrogen-bond acceptors (Lipinski definition) is 5. The van der Waals surface area contributed by atoms with Gasteiger partial charge >= 0.3 is 0 Å². The summed E-state index contributed by atoms with van der Waals surface area (Å²) < 4.78 is 0. The number of carbonyl (C=O) groups excluding carboxylic acids is 2. The Balaban J connectivity index is 1.55. The number of thiophene rings is 1. The highest BCUT2D eigenvalue weighted by molar-refractivity contribution is 7.17. The molecule has 1 aromatic heterocycles. The molecule has 7 heteroatoms. The lowest BCUT2D eigenvalue weighted by atomic mass is 9.78. The predicted octanol–water partition coefficient (Wildman–Crippen LogP) is 4.84. The summed E-state index contributed by atoms with van der Waals surface area (Å²) in [5, 5.41) is 26.1. The van der Waals surface area contributed by atoms with E-state index in [-0.39, 0.29) is 17.2 Å². The fourth-order valence-electron chi connectivity index (χ4n) is 5.03. The Labute approximate surface area is 199 Å². The van der Waals surface area contributed by atoms with Gasteiger partial charge in [0.05, 0.1) is 5.56 Å². The van der Waals surface area contributed by atoms with Crippen molar-refractivity contribution in [3.05, 3.63) is 45.8 Å². The lowest BCUT2D eigenvalue weighted by molar-refractivity contribution is -0.138. The van der Waals surface area contributed by atoms with Gasteiger partial charge < -0.3 is 20.8 Å². The summed E-state index contributed by atoms with van der Waals surface area (Å²) in [6.07, 6.45) is 4.27. The molecular formula is C26H34N2O4S. The molecule has 6 nitrogen and oxygen atoms in total. The van der Waals surface area contributed by atoms with Gasteiger partial charge in [0.15, 0.2) is 6.29 Å². The summed E-state index contributed by atoms with van der Waals surface area (Å²) in [5.41, 5.74) is 3.53. The quantitative estimate of drug-likeness (QED) is 0.470. The molecule has 0 saturated heterocycles. The second kappa shape index (κ2) is 9.57. The summed E-state index contributed by atoms with van der Waals surface area (Å²) in [7, 11) is 0. The molecule has 33 heavy (non-hydrogen) atoms. The van der Waals surface area contributed by atoms with Crippen LogP contribution in [0.1, 0.15) is 79.2 Å². The predicted molar refractivity (Wildman–Crippen MR) is 132 cm³/mol. The maximum absolute atomic E-state index is 13.3. The van der Waals surface area contributed by atoms with Crippen molar-refractivity contribution in [2.45, 2.75) is 77.4 Å². The third-order valence-corrected chi connectivity index (χ3v) is 8.14. The van der Waals surface area contributed by atoms with Gasteiger partial charge in [-0.2, -0.15) is 0 Å². The summed E-state index contributed by atoms with van der Waals surface area (Å²) in [5.74, 6) is -1.37. The highest BCUT2D eigenvalue weighted by Gasteiger charge is 2.36. The number of aliphatic hydroxyl groups excluding tert-OH is 1. The van der Waals surface area contributed by atoms with Gasteiger partial charge in [-0.1, -0.05) is 45.7 Å². The summed E-state index contributed by atoms with van der Waals surface area (Å²) in [6.45, 7) is 6.45. The monoisotopic (exact) mass is 470 g/mol. The fraction of sp³-hybridized carbons (Fsp3) is 0.538. The zero-order valence-electron chi connectivity index (χ0n) is 19.6.